The second kappa shape index (κ2) is 5.89. The molecule has 0 aliphatic carbocycles. The van der Waals surface area contributed by atoms with Gasteiger partial charge in [-0.1, -0.05) is 6.07 Å². The van der Waals surface area contributed by atoms with Crippen LogP contribution in [0.4, 0.5) is 0 Å². The first-order valence-electron chi connectivity index (χ1n) is 7.21. The molecule has 2 aliphatic heterocycles. The van der Waals surface area contributed by atoms with Gasteiger partial charge in [0.2, 0.25) is 5.91 Å². The van der Waals surface area contributed by atoms with Crippen LogP contribution in [0.25, 0.3) is 0 Å². The molecule has 3 rings (SSSR count). The summed E-state index contributed by atoms with van der Waals surface area (Å²) in [6.45, 7) is 1.83. The van der Waals surface area contributed by atoms with Crippen LogP contribution in [0.5, 0.6) is 0 Å². The summed E-state index contributed by atoms with van der Waals surface area (Å²) >= 11 is 0. The van der Waals surface area contributed by atoms with Crippen molar-refractivity contribution in [3.63, 3.8) is 0 Å². The molecule has 5 heteroatoms. The number of carbonyl (C=O) groups excluding carboxylic acids is 1. The van der Waals surface area contributed by atoms with Gasteiger partial charge in [-0.3, -0.25) is 9.78 Å². The van der Waals surface area contributed by atoms with E-state index in [-0.39, 0.29) is 17.9 Å². The highest BCUT2D eigenvalue weighted by molar-refractivity contribution is 5.80. The lowest BCUT2D eigenvalue weighted by Gasteiger charge is -2.28. The number of rotatable bonds is 3. The minimum absolute atomic E-state index is 0.0308. The van der Waals surface area contributed by atoms with E-state index in [1.165, 1.54) is 0 Å². The number of nitrogens with zero attached hydrogens (tertiary/aromatic N) is 2. The van der Waals surface area contributed by atoms with Crippen LogP contribution in [0.2, 0.25) is 0 Å². The van der Waals surface area contributed by atoms with Crippen LogP contribution in [-0.2, 0) is 16.0 Å². The van der Waals surface area contributed by atoms with Gasteiger partial charge in [-0.15, -0.1) is 0 Å². The third kappa shape index (κ3) is 2.69. The van der Waals surface area contributed by atoms with E-state index in [1.807, 2.05) is 17.0 Å². The topological polar surface area (TPSA) is 62.7 Å². The molecule has 0 spiro atoms. The number of pyridine rings is 1. The zero-order valence-electron chi connectivity index (χ0n) is 11.4. The maximum Gasteiger partial charge on any atom is 0.228 e. The van der Waals surface area contributed by atoms with Crippen molar-refractivity contribution in [1.29, 1.82) is 0 Å². The van der Waals surface area contributed by atoms with Gasteiger partial charge < -0.3 is 14.7 Å². The molecule has 2 aliphatic rings. The Morgan fingerprint density at radius 3 is 3.10 bits per heavy atom. The first-order chi connectivity index (χ1) is 9.75. The lowest BCUT2D eigenvalue weighted by Crippen LogP contribution is -2.44. The molecule has 3 heterocycles. The molecule has 0 aromatic carbocycles. The molecule has 108 valence electrons. The number of hydrogen-bond donors (Lipinski definition) is 1. The second-order valence-corrected chi connectivity index (χ2v) is 5.58. The third-order valence-electron chi connectivity index (χ3n) is 4.24. The lowest BCUT2D eigenvalue weighted by molar-refractivity contribution is -0.137. The van der Waals surface area contributed by atoms with Crippen molar-refractivity contribution in [3.05, 3.63) is 30.1 Å². The standard InChI is InChI=1S/C15H20N2O3/c18-14-3-6-17(15(19)12-4-7-20-10-12)13(14)8-11-2-1-5-16-9-11/h1-2,5,9,12-14,18H,3-4,6-8,10H2/t12?,13-,14+/m0/s1. The average molecular weight is 276 g/mol. The minimum atomic E-state index is -0.443. The smallest absolute Gasteiger partial charge is 0.228 e. The van der Waals surface area contributed by atoms with E-state index in [9.17, 15) is 9.90 Å². The van der Waals surface area contributed by atoms with Crippen molar-refractivity contribution in [3.8, 4) is 0 Å². The zero-order chi connectivity index (χ0) is 13.9. The molecule has 0 radical (unpaired) electrons. The number of ether oxygens (including phenoxy) is 1. The summed E-state index contributed by atoms with van der Waals surface area (Å²) < 4.78 is 5.30. The van der Waals surface area contributed by atoms with E-state index in [0.717, 1.165) is 12.0 Å². The van der Waals surface area contributed by atoms with Crippen molar-refractivity contribution in [2.24, 2.45) is 5.92 Å². The van der Waals surface area contributed by atoms with Crippen LogP contribution in [0.15, 0.2) is 24.5 Å². The zero-order valence-corrected chi connectivity index (χ0v) is 11.4. The number of hydrogen-bond acceptors (Lipinski definition) is 4. The van der Waals surface area contributed by atoms with E-state index in [2.05, 4.69) is 4.98 Å². The minimum Gasteiger partial charge on any atom is -0.391 e. The Labute approximate surface area is 118 Å². The van der Waals surface area contributed by atoms with Gasteiger partial charge in [-0.05, 0) is 30.9 Å². The van der Waals surface area contributed by atoms with Crippen molar-refractivity contribution >= 4 is 5.91 Å². The van der Waals surface area contributed by atoms with E-state index in [0.29, 0.717) is 32.6 Å². The molecule has 2 fully saturated rings. The van der Waals surface area contributed by atoms with Crippen molar-refractivity contribution in [1.82, 2.24) is 9.88 Å². The van der Waals surface area contributed by atoms with Gasteiger partial charge in [0, 0.05) is 25.5 Å². The predicted molar refractivity (Wildman–Crippen MR) is 73.0 cm³/mol. The molecule has 5 nitrogen and oxygen atoms in total. The molecule has 1 unspecified atom stereocenters. The quantitative estimate of drug-likeness (QED) is 0.879. The Kier molecular flexibility index (Phi) is 3.98. The van der Waals surface area contributed by atoms with Gasteiger partial charge in [0.05, 0.1) is 24.7 Å². The molecule has 1 amide bonds. The van der Waals surface area contributed by atoms with Crippen LogP contribution in [0, 0.1) is 5.92 Å². The Morgan fingerprint density at radius 2 is 2.40 bits per heavy atom. The number of likely N-dealkylation sites (tertiary alicyclic amines) is 1. The van der Waals surface area contributed by atoms with Crippen LogP contribution < -0.4 is 0 Å². The molecule has 3 atom stereocenters. The Morgan fingerprint density at radius 1 is 1.50 bits per heavy atom. The third-order valence-corrected chi connectivity index (χ3v) is 4.24. The highest BCUT2D eigenvalue weighted by Gasteiger charge is 2.39. The fourth-order valence-electron chi connectivity index (χ4n) is 3.08. The summed E-state index contributed by atoms with van der Waals surface area (Å²) in [7, 11) is 0. The monoisotopic (exact) mass is 276 g/mol. The fraction of sp³-hybridized carbons (Fsp3) is 0.600. The average Bonchev–Trinajstić information content (AvgIpc) is 3.11. The van der Waals surface area contributed by atoms with Gasteiger partial charge in [0.1, 0.15) is 0 Å². The van der Waals surface area contributed by atoms with Gasteiger partial charge in [-0.2, -0.15) is 0 Å². The first kappa shape index (κ1) is 13.5. The van der Waals surface area contributed by atoms with Gasteiger partial charge in [-0.25, -0.2) is 0 Å². The Hall–Kier alpha value is -1.46. The molecular weight excluding hydrogens is 256 g/mol. The maximum atomic E-state index is 12.5. The normalized spacial score (nSPS) is 29.9. The van der Waals surface area contributed by atoms with Gasteiger partial charge >= 0.3 is 0 Å². The van der Waals surface area contributed by atoms with Gasteiger partial charge in [0.25, 0.3) is 0 Å². The van der Waals surface area contributed by atoms with Crippen molar-refractivity contribution in [2.75, 3.05) is 19.8 Å². The summed E-state index contributed by atoms with van der Waals surface area (Å²) in [4.78, 5) is 18.5. The molecule has 1 aromatic rings. The summed E-state index contributed by atoms with van der Waals surface area (Å²) in [6.07, 6.45) is 5.20. The van der Waals surface area contributed by atoms with E-state index in [1.54, 1.807) is 12.4 Å². The van der Waals surface area contributed by atoms with E-state index >= 15 is 0 Å². The highest BCUT2D eigenvalue weighted by Crippen LogP contribution is 2.26. The van der Waals surface area contributed by atoms with Crippen molar-refractivity contribution in [2.45, 2.75) is 31.4 Å². The molecule has 1 N–H and O–H groups in total. The lowest BCUT2D eigenvalue weighted by atomic mass is 10.0. The number of aliphatic hydroxyl groups excluding tert-OH is 1. The Balaban J connectivity index is 1.71. The van der Waals surface area contributed by atoms with Crippen LogP contribution in [0.1, 0.15) is 18.4 Å². The molecule has 0 saturated carbocycles. The molecule has 0 bridgehead atoms. The second-order valence-electron chi connectivity index (χ2n) is 5.58. The summed E-state index contributed by atoms with van der Waals surface area (Å²) in [5, 5.41) is 10.2. The van der Waals surface area contributed by atoms with Crippen LogP contribution in [-0.4, -0.2) is 52.8 Å². The maximum absolute atomic E-state index is 12.5. The predicted octanol–water partition coefficient (Wildman–Crippen LogP) is 0.622. The summed E-state index contributed by atoms with van der Waals surface area (Å²) in [6, 6.07) is 3.74. The molecule has 2 saturated heterocycles. The number of aliphatic hydroxyl groups is 1. The first-order valence-corrected chi connectivity index (χ1v) is 7.21. The highest BCUT2D eigenvalue weighted by atomic mass is 16.5. The largest absolute Gasteiger partial charge is 0.391 e. The van der Waals surface area contributed by atoms with E-state index in [4.69, 9.17) is 4.74 Å². The number of aromatic nitrogens is 1. The fourth-order valence-corrected chi connectivity index (χ4v) is 3.08. The number of amides is 1. The molecular formula is C15H20N2O3. The molecule has 1 aromatic heterocycles. The van der Waals surface area contributed by atoms with Crippen molar-refractivity contribution < 1.29 is 14.6 Å². The van der Waals surface area contributed by atoms with E-state index < -0.39 is 6.10 Å². The summed E-state index contributed by atoms with van der Waals surface area (Å²) in [5.74, 6) is 0.102. The molecule has 20 heavy (non-hydrogen) atoms. The SMILES string of the molecule is O=C(C1CCOC1)N1CC[C@@H](O)[C@@H]1Cc1cccnc1. The summed E-state index contributed by atoms with van der Waals surface area (Å²) in [5.41, 5.74) is 1.05. The van der Waals surface area contributed by atoms with Crippen LogP contribution >= 0.6 is 0 Å². The Bertz CT molecular complexity index is 459. The number of carbonyl (C=O) groups is 1. The van der Waals surface area contributed by atoms with Crippen LogP contribution in [0.3, 0.4) is 0 Å². The van der Waals surface area contributed by atoms with Gasteiger partial charge in [0.15, 0.2) is 0 Å².